The zero-order valence-electron chi connectivity index (χ0n) is 13.8. The van der Waals surface area contributed by atoms with E-state index >= 15 is 0 Å². The Labute approximate surface area is 136 Å². The van der Waals surface area contributed by atoms with E-state index in [1.807, 2.05) is 13.8 Å². The lowest BCUT2D eigenvalue weighted by atomic mass is 9.99. The maximum absolute atomic E-state index is 12.5. The second-order valence-corrected chi connectivity index (χ2v) is 5.57. The van der Waals surface area contributed by atoms with Crippen LogP contribution in [0.25, 0.3) is 0 Å². The summed E-state index contributed by atoms with van der Waals surface area (Å²) in [5.74, 6) is 0.379. The van der Waals surface area contributed by atoms with Crippen molar-refractivity contribution < 1.29 is 23.8 Å². The van der Waals surface area contributed by atoms with Gasteiger partial charge in [-0.25, -0.2) is 4.79 Å². The van der Waals surface area contributed by atoms with E-state index in [0.717, 1.165) is 12.8 Å². The first-order valence-electron chi connectivity index (χ1n) is 7.85. The number of hydrogen-bond acceptors (Lipinski definition) is 5. The molecule has 1 aromatic carbocycles. The van der Waals surface area contributed by atoms with Crippen molar-refractivity contribution in [2.24, 2.45) is 5.92 Å². The first kappa shape index (κ1) is 17.1. The summed E-state index contributed by atoms with van der Waals surface area (Å²) in [5, 5.41) is 2.75. The van der Waals surface area contributed by atoms with Crippen molar-refractivity contribution in [1.82, 2.24) is 5.32 Å². The molecule has 1 N–H and O–H groups in total. The normalized spacial score (nSPS) is 16.0. The highest BCUT2D eigenvalue weighted by Gasteiger charge is 2.27. The molecule has 0 fully saturated rings. The van der Waals surface area contributed by atoms with Gasteiger partial charge in [0.25, 0.3) is 5.91 Å². The maximum atomic E-state index is 12.5. The monoisotopic (exact) mass is 321 g/mol. The van der Waals surface area contributed by atoms with E-state index in [1.54, 1.807) is 18.2 Å². The fourth-order valence-corrected chi connectivity index (χ4v) is 2.33. The number of fused-ring (bicyclic) bond motifs is 1. The highest BCUT2D eigenvalue weighted by Crippen LogP contribution is 2.30. The molecule has 6 heteroatoms. The molecule has 0 unspecified atom stereocenters. The van der Waals surface area contributed by atoms with Crippen LogP contribution in [0.2, 0.25) is 0 Å². The van der Waals surface area contributed by atoms with E-state index in [4.69, 9.17) is 14.2 Å². The van der Waals surface area contributed by atoms with Crippen LogP contribution in [-0.4, -0.2) is 38.2 Å². The summed E-state index contributed by atoms with van der Waals surface area (Å²) < 4.78 is 15.9. The summed E-state index contributed by atoms with van der Waals surface area (Å²) in [6.45, 7) is 5.00. The van der Waals surface area contributed by atoms with Gasteiger partial charge < -0.3 is 19.5 Å². The first-order valence-corrected chi connectivity index (χ1v) is 7.85. The number of nitrogens with one attached hydrogen (secondary N) is 1. The van der Waals surface area contributed by atoms with Crippen molar-refractivity contribution in [3.63, 3.8) is 0 Å². The summed E-state index contributed by atoms with van der Waals surface area (Å²) in [5.41, 5.74) is 0.423. The molecule has 23 heavy (non-hydrogen) atoms. The molecule has 0 spiro atoms. The van der Waals surface area contributed by atoms with Gasteiger partial charge in [-0.2, -0.15) is 0 Å². The zero-order chi connectivity index (χ0) is 16.8. The second-order valence-electron chi connectivity index (χ2n) is 5.57. The van der Waals surface area contributed by atoms with Crippen LogP contribution < -0.4 is 14.8 Å². The van der Waals surface area contributed by atoms with Gasteiger partial charge in [0.1, 0.15) is 6.04 Å². The molecule has 0 saturated heterocycles. The average molecular weight is 321 g/mol. The molecule has 126 valence electrons. The lowest BCUT2D eigenvalue weighted by Crippen LogP contribution is -2.45. The van der Waals surface area contributed by atoms with Crippen molar-refractivity contribution >= 4 is 11.9 Å². The van der Waals surface area contributed by atoms with Gasteiger partial charge in [-0.3, -0.25) is 4.79 Å². The lowest BCUT2D eigenvalue weighted by Gasteiger charge is -2.22. The Morgan fingerprint density at radius 1 is 1.26 bits per heavy atom. The van der Waals surface area contributed by atoms with Crippen LogP contribution in [0.3, 0.4) is 0 Å². The van der Waals surface area contributed by atoms with Gasteiger partial charge >= 0.3 is 5.97 Å². The number of methoxy groups -OCH3 is 1. The van der Waals surface area contributed by atoms with Crippen molar-refractivity contribution in [3.8, 4) is 11.5 Å². The third-order valence-electron chi connectivity index (χ3n) is 3.96. The minimum atomic E-state index is -0.673. The van der Waals surface area contributed by atoms with Crippen molar-refractivity contribution in [2.75, 3.05) is 20.3 Å². The second kappa shape index (κ2) is 7.85. The predicted molar refractivity (Wildman–Crippen MR) is 84.8 cm³/mol. The molecule has 0 radical (unpaired) electrons. The molecule has 1 amide bonds. The number of hydrogen-bond donors (Lipinski definition) is 1. The van der Waals surface area contributed by atoms with Gasteiger partial charge in [0.2, 0.25) is 0 Å². The molecule has 1 aliphatic rings. The van der Waals surface area contributed by atoms with Gasteiger partial charge in [0.15, 0.2) is 11.5 Å². The Kier molecular flexibility index (Phi) is 5.84. The third kappa shape index (κ3) is 4.15. The number of ether oxygens (including phenoxy) is 3. The smallest absolute Gasteiger partial charge is 0.328 e. The highest BCUT2D eigenvalue weighted by atomic mass is 16.5. The molecule has 1 heterocycles. The highest BCUT2D eigenvalue weighted by molar-refractivity contribution is 5.97. The minimum Gasteiger partial charge on any atom is -0.490 e. The fourth-order valence-electron chi connectivity index (χ4n) is 2.33. The number of benzene rings is 1. The Morgan fingerprint density at radius 3 is 2.61 bits per heavy atom. The van der Waals surface area contributed by atoms with E-state index in [2.05, 4.69) is 5.32 Å². The quantitative estimate of drug-likeness (QED) is 0.841. The molecule has 2 atom stereocenters. The van der Waals surface area contributed by atoms with E-state index in [0.29, 0.717) is 30.3 Å². The summed E-state index contributed by atoms with van der Waals surface area (Å²) in [7, 11) is 1.32. The van der Waals surface area contributed by atoms with E-state index < -0.39 is 12.0 Å². The molecule has 0 bridgehead atoms. The predicted octanol–water partition coefficient (Wildman–Crippen LogP) is 2.17. The van der Waals surface area contributed by atoms with Gasteiger partial charge in [0.05, 0.1) is 20.3 Å². The van der Waals surface area contributed by atoms with Crippen LogP contribution in [-0.2, 0) is 9.53 Å². The molecule has 0 aromatic heterocycles. The number of amides is 1. The van der Waals surface area contributed by atoms with Gasteiger partial charge in [-0.1, -0.05) is 20.3 Å². The minimum absolute atomic E-state index is 0.0215. The largest absolute Gasteiger partial charge is 0.490 e. The molecule has 1 aromatic rings. The first-order chi connectivity index (χ1) is 11.1. The van der Waals surface area contributed by atoms with Crippen LogP contribution in [0.1, 0.15) is 37.0 Å². The molecular formula is C17H23NO5. The summed E-state index contributed by atoms with van der Waals surface area (Å²) >= 11 is 0. The van der Waals surface area contributed by atoms with E-state index in [9.17, 15) is 9.59 Å². The molecule has 1 aliphatic heterocycles. The standard InChI is InChI=1S/C17H23NO5/c1-4-11(2)15(17(20)21-3)18-16(19)12-6-7-13-14(10-12)23-9-5-8-22-13/h6-7,10-11,15H,4-5,8-9H2,1-3H3,(H,18,19)/t11-,15-/m0/s1. The molecule has 0 saturated carbocycles. The third-order valence-corrected chi connectivity index (χ3v) is 3.96. The number of esters is 1. The Hall–Kier alpha value is -2.24. The number of carbonyl (C=O) groups is 2. The molecule has 6 nitrogen and oxygen atoms in total. The van der Waals surface area contributed by atoms with Crippen molar-refractivity contribution in [2.45, 2.75) is 32.7 Å². The Morgan fingerprint density at radius 2 is 1.96 bits per heavy atom. The fraction of sp³-hybridized carbons (Fsp3) is 0.529. The Bertz CT molecular complexity index is 572. The van der Waals surface area contributed by atoms with Gasteiger partial charge in [-0.05, 0) is 24.1 Å². The molecule has 0 aliphatic carbocycles. The zero-order valence-corrected chi connectivity index (χ0v) is 13.8. The summed E-state index contributed by atoms with van der Waals surface area (Å²) in [4.78, 5) is 24.3. The molecular weight excluding hydrogens is 298 g/mol. The van der Waals surface area contributed by atoms with Crippen molar-refractivity contribution in [3.05, 3.63) is 23.8 Å². The van der Waals surface area contributed by atoms with Gasteiger partial charge in [0, 0.05) is 12.0 Å². The number of rotatable bonds is 5. The molecule has 2 rings (SSSR count). The van der Waals surface area contributed by atoms with Gasteiger partial charge in [-0.15, -0.1) is 0 Å². The van der Waals surface area contributed by atoms with Crippen LogP contribution in [0, 0.1) is 5.92 Å². The summed E-state index contributed by atoms with van der Waals surface area (Å²) in [6.07, 6.45) is 1.55. The number of carbonyl (C=O) groups excluding carboxylic acids is 2. The lowest BCUT2D eigenvalue weighted by molar-refractivity contribution is -0.144. The SMILES string of the molecule is CC[C@H](C)[C@H](NC(=O)c1ccc2c(c1)OCCCO2)C(=O)OC. The van der Waals surface area contributed by atoms with E-state index in [-0.39, 0.29) is 11.8 Å². The maximum Gasteiger partial charge on any atom is 0.328 e. The topological polar surface area (TPSA) is 73.9 Å². The Balaban J connectivity index is 2.16. The van der Waals surface area contributed by atoms with E-state index in [1.165, 1.54) is 7.11 Å². The van der Waals surface area contributed by atoms with Crippen LogP contribution in [0.5, 0.6) is 11.5 Å². The van der Waals surface area contributed by atoms with Crippen LogP contribution >= 0.6 is 0 Å². The van der Waals surface area contributed by atoms with Crippen LogP contribution in [0.4, 0.5) is 0 Å². The summed E-state index contributed by atoms with van der Waals surface area (Å²) in [6, 6.07) is 4.34. The van der Waals surface area contributed by atoms with Crippen molar-refractivity contribution in [1.29, 1.82) is 0 Å². The average Bonchev–Trinajstić information content (AvgIpc) is 2.82. The van der Waals surface area contributed by atoms with Crippen LogP contribution in [0.15, 0.2) is 18.2 Å².